The Morgan fingerprint density at radius 2 is 2.10 bits per heavy atom. The topological polar surface area (TPSA) is 28.2 Å². The SMILES string of the molecule is CCN(CC)c1ncc(CNC2CCCCC2(C)C)s1. The summed E-state index contributed by atoms with van der Waals surface area (Å²) in [5.41, 5.74) is 0.435. The summed E-state index contributed by atoms with van der Waals surface area (Å²) in [6.45, 7) is 12.2. The molecule has 1 N–H and O–H groups in total. The minimum Gasteiger partial charge on any atom is -0.349 e. The fourth-order valence-corrected chi connectivity index (χ4v) is 4.10. The van der Waals surface area contributed by atoms with E-state index in [1.165, 1.54) is 30.6 Å². The van der Waals surface area contributed by atoms with E-state index in [0.717, 1.165) is 24.8 Å². The predicted molar refractivity (Wildman–Crippen MR) is 88.6 cm³/mol. The van der Waals surface area contributed by atoms with Crippen LogP contribution in [0.2, 0.25) is 0 Å². The third-order valence-corrected chi connectivity index (χ3v) is 5.66. The van der Waals surface area contributed by atoms with Crippen LogP contribution in [0.5, 0.6) is 0 Å². The normalized spacial score (nSPS) is 21.9. The van der Waals surface area contributed by atoms with E-state index in [4.69, 9.17) is 0 Å². The minimum atomic E-state index is 0.435. The largest absolute Gasteiger partial charge is 0.349 e. The molecule has 1 heterocycles. The smallest absolute Gasteiger partial charge is 0.185 e. The quantitative estimate of drug-likeness (QED) is 0.858. The number of anilines is 1. The van der Waals surface area contributed by atoms with Crippen LogP contribution in [0, 0.1) is 5.41 Å². The maximum atomic E-state index is 4.56. The molecular formula is C16H29N3S. The van der Waals surface area contributed by atoms with Crippen molar-refractivity contribution in [1.29, 1.82) is 0 Å². The van der Waals surface area contributed by atoms with E-state index < -0.39 is 0 Å². The highest BCUT2D eigenvalue weighted by atomic mass is 32.1. The van der Waals surface area contributed by atoms with Crippen molar-refractivity contribution in [3.05, 3.63) is 11.1 Å². The van der Waals surface area contributed by atoms with Gasteiger partial charge in [0.25, 0.3) is 0 Å². The summed E-state index contributed by atoms with van der Waals surface area (Å²) >= 11 is 1.83. The zero-order valence-corrected chi connectivity index (χ0v) is 14.2. The number of rotatable bonds is 6. The highest BCUT2D eigenvalue weighted by molar-refractivity contribution is 7.15. The van der Waals surface area contributed by atoms with Crippen LogP contribution >= 0.6 is 11.3 Å². The van der Waals surface area contributed by atoms with Crippen molar-refractivity contribution in [3.63, 3.8) is 0 Å². The van der Waals surface area contributed by atoms with Crippen molar-refractivity contribution in [2.75, 3.05) is 18.0 Å². The Balaban J connectivity index is 1.91. The Kier molecular flexibility index (Phi) is 5.44. The third kappa shape index (κ3) is 3.73. The Morgan fingerprint density at radius 1 is 1.35 bits per heavy atom. The van der Waals surface area contributed by atoms with E-state index >= 15 is 0 Å². The molecule has 2 rings (SSSR count). The summed E-state index contributed by atoms with van der Waals surface area (Å²) in [6, 6.07) is 0.648. The summed E-state index contributed by atoms with van der Waals surface area (Å²) in [5, 5.41) is 4.93. The monoisotopic (exact) mass is 295 g/mol. The highest BCUT2D eigenvalue weighted by Gasteiger charge is 2.31. The summed E-state index contributed by atoms with van der Waals surface area (Å²) in [6.07, 6.45) is 7.46. The van der Waals surface area contributed by atoms with E-state index in [0.29, 0.717) is 11.5 Å². The van der Waals surface area contributed by atoms with E-state index in [9.17, 15) is 0 Å². The summed E-state index contributed by atoms with van der Waals surface area (Å²) in [7, 11) is 0. The van der Waals surface area contributed by atoms with Crippen molar-refractivity contribution in [2.24, 2.45) is 5.41 Å². The molecule has 0 spiro atoms. The van der Waals surface area contributed by atoms with Gasteiger partial charge in [-0.25, -0.2) is 4.98 Å². The molecule has 1 aliphatic rings. The molecular weight excluding hydrogens is 266 g/mol. The van der Waals surface area contributed by atoms with Gasteiger partial charge in [0.15, 0.2) is 5.13 Å². The van der Waals surface area contributed by atoms with Gasteiger partial charge in [0, 0.05) is 36.8 Å². The number of hydrogen-bond acceptors (Lipinski definition) is 4. The highest BCUT2D eigenvalue weighted by Crippen LogP contribution is 2.35. The molecule has 0 saturated heterocycles. The first-order valence-electron chi connectivity index (χ1n) is 8.00. The van der Waals surface area contributed by atoms with E-state index in [1.807, 2.05) is 17.5 Å². The fourth-order valence-electron chi connectivity index (χ4n) is 3.12. The molecule has 1 fully saturated rings. The van der Waals surface area contributed by atoms with E-state index in [1.54, 1.807) is 0 Å². The van der Waals surface area contributed by atoms with Gasteiger partial charge in [0.05, 0.1) is 0 Å². The molecule has 1 unspecified atom stereocenters. The van der Waals surface area contributed by atoms with Gasteiger partial charge >= 0.3 is 0 Å². The van der Waals surface area contributed by atoms with Crippen LogP contribution in [0.3, 0.4) is 0 Å². The van der Waals surface area contributed by atoms with Crippen LogP contribution in [0.4, 0.5) is 5.13 Å². The average molecular weight is 295 g/mol. The van der Waals surface area contributed by atoms with Crippen molar-refractivity contribution < 1.29 is 0 Å². The summed E-state index contributed by atoms with van der Waals surface area (Å²) in [5.74, 6) is 0. The third-order valence-electron chi connectivity index (χ3n) is 4.61. The van der Waals surface area contributed by atoms with Gasteiger partial charge in [0.2, 0.25) is 0 Å². The summed E-state index contributed by atoms with van der Waals surface area (Å²) < 4.78 is 0. The van der Waals surface area contributed by atoms with Gasteiger partial charge in [-0.1, -0.05) is 26.7 Å². The lowest BCUT2D eigenvalue weighted by Crippen LogP contribution is -2.43. The number of nitrogens with zero attached hydrogens (tertiary/aromatic N) is 2. The van der Waals surface area contributed by atoms with Crippen LogP contribution in [0.1, 0.15) is 58.3 Å². The molecule has 0 radical (unpaired) electrons. The van der Waals surface area contributed by atoms with Gasteiger partial charge in [-0.05, 0) is 32.1 Å². The van der Waals surface area contributed by atoms with Crippen LogP contribution in [-0.4, -0.2) is 24.1 Å². The standard InChI is InChI=1S/C16H29N3S/c1-5-19(6-2)15-18-12-13(20-15)11-17-14-9-7-8-10-16(14,3)4/h12,14,17H,5-11H2,1-4H3. The second-order valence-corrected chi connectivity index (χ2v) is 7.54. The van der Waals surface area contributed by atoms with Gasteiger partial charge in [-0.15, -0.1) is 11.3 Å². The molecule has 0 aliphatic heterocycles. The number of thiazole rings is 1. The molecule has 1 atom stereocenters. The molecule has 1 aliphatic carbocycles. The van der Waals surface area contributed by atoms with Gasteiger partial charge in [0.1, 0.15) is 0 Å². The van der Waals surface area contributed by atoms with Gasteiger partial charge in [-0.2, -0.15) is 0 Å². The summed E-state index contributed by atoms with van der Waals surface area (Å²) in [4.78, 5) is 8.24. The van der Waals surface area contributed by atoms with Crippen molar-refractivity contribution in [2.45, 2.75) is 66.0 Å². The molecule has 0 bridgehead atoms. The van der Waals surface area contributed by atoms with E-state index in [2.05, 4.69) is 42.9 Å². The van der Waals surface area contributed by atoms with Crippen molar-refractivity contribution >= 4 is 16.5 Å². The van der Waals surface area contributed by atoms with Crippen molar-refractivity contribution in [3.8, 4) is 0 Å². The molecule has 1 saturated carbocycles. The van der Waals surface area contributed by atoms with Crippen LogP contribution in [0.15, 0.2) is 6.20 Å². The Labute approximate surface area is 127 Å². The molecule has 1 aromatic rings. The van der Waals surface area contributed by atoms with Crippen molar-refractivity contribution in [1.82, 2.24) is 10.3 Å². The Bertz CT molecular complexity index is 410. The molecule has 0 aromatic carbocycles. The Hall–Kier alpha value is -0.610. The molecule has 1 aromatic heterocycles. The lowest BCUT2D eigenvalue weighted by atomic mass is 9.73. The number of hydrogen-bond donors (Lipinski definition) is 1. The zero-order valence-electron chi connectivity index (χ0n) is 13.4. The molecule has 3 nitrogen and oxygen atoms in total. The Morgan fingerprint density at radius 3 is 2.75 bits per heavy atom. The molecule has 0 amide bonds. The molecule has 114 valence electrons. The fraction of sp³-hybridized carbons (Fsp3) is 0.812. The van der Waals surface area contributed by atoms with Gasteiger partial charge in [-0.3, -0.25) is 0 Å². The predicted octanol–water partition coefficient (Wildman–Crippen LogP) is 4.05. The first kappa shape index (κ1) is 15.8. The average Bonchev–Trinajstić information content (AvgIpc) is 2.87. The second kappa shape index (κ2) is 6.90. The number of aromatic nitrogens is 1. The lowest BCUT2D eigenvalue weighted by Gasteiger charge is -2.39. The first-order chi connectivity index (χ1) is 9.56. The van der Waals surface area contributed by atoms with Crippen LogP contribution < -0.4 is 10.2 Å². The second-order valence-electron chi connectivity index (χ2n) is 6.45. The zero-order chi connectivity index (χ0) is 14.6. The first-order valence-corrected chi connectivity index (χ1v) is 8.81. The molecule has 20 heavy (non-hydrogen) atoms. The lowest BCUT2D eigenvalue weighted by molar-refractivity contribution is 0.167. The number of nitrogens with one attached hydrogen (secondary N) is 1. The maximum absolute atomic E-state index is 4.56. The van der Waals surface area contributed by atoms with E-state index in [-0.39, 0.29) is 0 Å². The maximum Gasteiger partial charge on any atom is 0.185 e. The van der Waals surface area contributed by atoms with Crippen LogP contribution in [0.25, 0.3) is 0 Å². The van der Waals surface area contributed by atoms with Crippen LogP contribution in [-0.2, 0) is 6.54 Å². The molecule has 4 heteroatoms. The van der Waals surface area contributed by atoms with Gasteiger partial charge < -0.3 is 10.2 Å². The minimum absolute atomic E-state index is 0.435.